The van der Waals surface area contributed by atoms with Gasteiger partial charge in [-0.1, -0.05) is 42.0 Å². The molecule has 0 bridgehead atoms. The predicted molar refractivity (Wildman–Crippen MR) is 68.0 cm³/mol. The summed E-state index contributed by atoms with van der Waals surface area (Å²) < 4.78 is 0. The van der Waals surface area contributed by atoms with Gasteiger partial charge in [-0.25, -0.2) is 0 Å². The highest BCUT2D eigenvalue weighted by Crippen LogP contribution is 2.20. The number of carbonyl (C=O) groups excluding carboxylic acids is 1. The standard InChI is InChI=1S/C10H19NO.C2H6.CH4/c1-10(2,3)9(12)11-7-5-4-6-8-11;1-2;/h4-8H2,1-3H3;1-2H3;1H4. The van der Waals surface area contributed by atoms with Gasteiger partial charge in [0.05, 0.1) is 0 Å². The van der Waals surface area contributed by atoms with Gasteiger partial charge in [0.25, 0.3) is 0 Å². The number of rotatable bonds is 0. The van der Waals surface area contributed by atoms with E-state index in [1.54, 1.807) is 0 Å². The molecule has 1 aliphatic rings. The summed E-state index contributed by atoms with van der Waals surface area (Å²) in [5, 5.41) is 0. The summed E-state index contributed by atoms with van der Waals surface area (Å²) in [7, 11) is 0. The van der Waals surface area contributed by atoms with E-state index < -0.39 is 0 Å². The lowest BCUT2D eigenvalue weighted by atomic mass is 9.93. The van der Waals surface area contributed by atoms with E-state index in [0.29, 0.717) is 5.91 Å². The van der Waals surface area contributed by atoms with Crippen LogP contribution < -0.4 is 0 Å². The molecule has 0 spiro atoms. The van der Waals surface area contributed by atoms with Gasteiger partial charge < -0.3 is 4.90 Å². The molecule has 1 saturated heterocycles. The Morgan fingerprint density at radius 1 is 1.00 bits per heavy atom. The van der Waals surface area contributed by atoms with Crippen molar-refractivity contribution in [1.29, 1.82) is 0 Å². The van der Waals surface area contributed by atoms with Gasteiger partial charge in [-0.2, -0.15) is 0 Å². The highest BCUT2D eigenvalue weighted by molar-refractivity contribution is 5.81. The summed E-state index contributed by atoms with van der Waals surface area (Å²) in [5.74, 6) is 0.308. The van der Waals surface area contributed by atoms with Crippen molar-refractivity contribution < 1.29 is 4.79 Å². The molecule has 1 heterocycles. The number of hydrogen-bond acceptors (Lipinski definition) is 1. The largest absolute Gasteiger partial charge is 0.342 e. The van der Waals surface area contributed by atoms with Crippen molar-refractivity contribution in [2.45, 2.75) is 61.3 Å². The molecule has 0 N–H and O–H groups in total. The molecule has 2 heteroatoms. The van der Waals surface area contributed by atoms with Gasteiger partial charge >= 0.3 is 0 Å². The van der Waals surface area contributed by atoms with Gasteiger partial charge in [0.2, 0.25) is 5.91 Å². The number of likely N-dealkylation sites (tertiary alicyclic amines) is 1. The summed E-state index contributed by atoms with van der Waals surface area (Å²) in [6.45, 7) is 11.9. The third kappa shape index (κ3) is 5.81. The highest BCUT2D eigenvalue weighted by atomic mass is 16.2. The van der Waals surface area contributed by atoms with Gasteiger partial charge in [0.15, 0.2) is 0 Å². The average molecular weight is 215 g/mol. The molecule has 0 aliphatic carbocycles. The third-order valence-corrected chi connectivity index (χ3v) is 2.28. The maximum Gasteiger partial charge on any atom is 0.227 e. The quantitative estimate of drug-likeness (QED) is 0.603. The Bertz CT molecular complexity index is 164. The van der Waals surface area contributed by atoms with Crippen LogP contribution in [-0.4, -0.2) is 23.9 Å². The van der Waals surface area contributed by atoms with Crippen LogP contribution in [-0.2, 0) is 4.79 Å². The first-order valence-corrected chi connectivity index (χ1v) is 5.81. The fourth-order valence-corrected chi connectivity index (χ4v) is 1.57. The zero-order valence-corrected chi connectivity index (χ0v) is 10.4. The van der Waals surface area contributed by atoms with Crippen molar-refractivity contribution >= 4 is 5.91 Å². The molecule has 0 unspecified atom stereocenters. The van der Waals surface area contributed by atoms with Crippen molar-refractivity contribution in [3.63, 3.8) is 0 Å². The number of hydrogen-bond donors (Lipinski definition) is 0. The van der Waals surface area contributed by atoms with E-state index in [9.17, 15) is 4.79 Å². The van der Waals surface area contributed by atoms with Crippen molar-refractivity contribution in [3.05, 3.63) is 0 Å². The number of piperidine rings is 1. The minimum absolute atomic E-state index is 0. The average Bonchev–Trinajstić information content (AvgIpc) is 2.20. The molecule has 1 amide bonds. The van der Waals surface area contributed by atoms with Crippen LogP contribution in [0.15, 0.2) is 0 Å². The summed E-state index contributed by atoms with van der Waals surface area (Å²) >= 11 is 0. The molecule has 1 fully saturated rings. The van der Waals surface area contributed by atoms with Crippen molar-refractivity contribution in [1.82, 2.24) is 4.90 Å². The van der Waals surface area contributed by atoms with Crippen molar-refractivity contribution in [3.8, 4) is 0 Å². The highest BCUT2D eigenvalue weighted by Gasteiger charge is 2.27. The van der Waals surface area contributed by atoms with Crippen LogP contribution in [0.1, 0.15) is 61.3 Å². The Kier molecular flexibility index (Phi) is 8.69. The van der Waals surface area contributed by atoms with E-state index in [2.05, 4.69) is 0 Å². The lowest BCUT2D eigenvalue weighted by Gasteiger charge is -2.32. The zero-order valence-electron chi connectivity index (χ0n) is 10.4. The second kappa shape index (κ2) is 7.72. The van der Waals surface area contributed by atoms with Crippen LogP contribution in [0.2, 0.25) is 0 Å². The monoisotopic (exact) mass is 215 g/mol. The van der Waals surface area contributed by atoms with Crippen LogP contribution in [0.3, 0.4) is 0 Å². The smallest absolute Gasteiger partial charge is 0.227 e. The maximum absolute atomic E-state index is 11.7. The van der Waals surface area contributed by atoms with Gasteiger partial charge in [-0.3, -0.25) is 4.79 Å². The van der Waals surface area contributed by atoms with Gasteiger partial charge in [-0.15, -0.1) is 0 Å². The van der Waals surface area contributed by atoms with Crippen LogP contribution in [0.4, 0.5) is 0 Å². The van der Waals surface area contributed by atoms with E-state index in [-0.39, 0.29) is 12.8 Å². The first-order valence-electron chi connectivity index (χ1n) is 5.81. The molecule has 2 nitrogen and oxygen atoms in total. The maximum atomic E-state index is 11.7. The van der Waals surface area contributed by atoms with Gasteiger partial charge in [0.1, 0.15) is 0 Å². The van der Waals surface area contributed by atoms with Crippen molar-refractivity contribution in [2.24, 2.45) is 5.41 Å². The SMILES string of the molecule is C.CC.CC(C)(C)C(=O)N1CCCCC1. The van der Waals surface area contributed by atoms with E-state index in [1.807, 2.05) is 39.5 Å². The number of nitrogens with zero attached hydrogens (tertiary/aromatic N) is 1. The first kappa shape index (κ1) is 16.9. The molecule has 1 rings (SSSR count). The molecule has 15 heavy (non-hydrogen) atoms. The normalized spacial score (nSPS) is 15.9. The molecule has 0 saturated carbocycles. The molecular formula is C13H29NO. The second-order valence-corrected chi connectivity index (χ2v) is 4.60. The zero-order chi connectivity index (χ0) is 11.2. The molecule has 92 valence electrons. The minimum Gasteiger partial charge on any atom is -0.342 e. The molecule has 0 radical (unpaired) electrons. The summed E-state index contributed by atoms with van der Waals surface area (Å²) in [5.41, 5.74) is -0.197. The van der Waals surface area contributed by atoms with Crippen LogP contribution >= 0.6 is 0 Å². The molecule has 0 aromatic heterocycles. The van der Waals surface area contributed by atoms with E-state index in [1.165, 1.54) is 19.3 Å². The van der Waals surface area contributed by atoms with E-state index in [0.717, 1.165) is 13.1 Å². The number of amides is 1. The van der Waals surface area contributed by atoms with Crippen molar-refractivity contribution in [2.75, 3.05) is 13.1 Å². The second-order valence-electron chi connectivity index (χ2n) is 4.60. The summed E-state index contributed by atoms with van der Waals surface area (Å²) in [4.78, 5) is 13.7. The topological polar surface area (TPSA) is 20.3 Å². The lowest BCUT2D eigenvalue weighted by Crippen LogP contribution is -2.42. The lowest BCUT2D eigenvalue weighted by molar-refractivity contribution is -0.140. The Balaban J connectivity index is 0. The molecule has 0 aromatic rings. The fourth-order valence-electron chi connectivity index (χ4n) is 1.57. The van der Waals surface area contributed by atoms with Gasteiger partial charge in [0, 0.05) is 18.5 Å². The molecule has 1 aliphatic heterocycles. The molecule has 0 atom stereocenters. The van der Waals surface area contributed by atoms with Crippen LogP contribution in [0, 0.1) is 5.41 Å². The Hall–Kier alpha value is -0.530. The predicted octanol–water partition coefficient (Wildman–Crippen LogP) is 3.71. The minimum atomic E-state index is -0.197. The fraction of sp³-hybridized carbons (Fsp3) is 0.923. The Labute approximate surface area is 96.0 Å². The number of carbonyl (C=O) groups is 1. The van der Waals surface area contributed by atoms with E-state index >= 15 is 0 Å². The Morgan fingerprint density at radius 2 is 1.40 bits per heavy atom. The van der Waals surface area contributed by atoms with Crippen LogP contribution in [0.5, 0.6) is 0 Å². The molecule has 0 aromatic carbocycles. The summed E-state index contributed by atoms with van der Waals surface area (Å²) in [6.07, 6.45) is 3.65. The third-order valence-electron chi connectivity index (χ3n) is 2.28. The summed E-state index contributed by atoms with van der Waals surface area (Å²) in [6, 6.07) is 0. The van der Waals surface area contributed by atoms with Gasteiger partial charge in [-0.05, 0) is 19.3 Å². The Morgan fingerprint density at radius 3 is 1.73 bits per heavy atom. The van der Waals surface area contributed by atoms with Crippen LogP contribution in [0.25, 0.3) is 0 Å². The van der Waals surface area contributed by atoms with E-state index in [4.69, 9.17) is 0 Å². The molecular weight excluding hydrogens is 186 g/mol. The first-order chi connectivity index (χ1) is 6.52.